The quantitative estimate of drug-likeness (QED) is 0.781. The number of rotatable bonds is 2. The first-order valence-corrected chi connectivity index (χ1v) is 5.68. The van der Waals surface area contributed by atoms with Crippen molar-refractivity contribution in [3.05, 3.63) is 40.2 Å². The molecule has 0 bridgehead atoms. The fourth-order valence-corrected chi connectivity index (χ4v) is 1.78. The number of nitrogens with one attached hydrogen (secondary N) is 2. The van der Waals surface area contributed by atoms with E-state index in [0.717, 1.165) is 5.69 Å². The third-order valence-electron chi connectivity index (χ3n) is 2.57. The lowest BCUT2D eigenvalue weighted by atomic mass is 10.2. The van der Waals surface area contributed by atoms with Crippen molar-refractivity contribution in [3.63, 3.8) is 0 Å². The van der Waals surface area contributed by atoms with Crippen molar-refractivity contribution in [1.29, 1.82) is 0 Å². The zero-order valence-electron chi connectivity index (χ0n) is 9.91. The van der Waals surface area contributed by atoms with Gasteiger partial charge in [0.2, 0.25) is 0 Å². The number of aryl methyl sites for hydroxylation is 2. The molecule has 1 heterocycles. The maximum atomic E-state index is 12.0. The van der Waals surface area contributed by atoms with Crippen LogP contribution in [0.2, 0.25) is 5.02 Å². The molecule has 0 atom stereocenters. The van der Waals surface area contributed by atoms with Crippen LogP contribution in [0.25, 0.3) is 0 Å². The number of carbonyl (C=O) groups excluding carboxylic acids is 1. The predicted molar refractivity (Wildman–Crippen MR) is 69.1 cm³/mol. The lowest BCUT2D eigenvalue weighted by Crippen LogP contribution is -2.13. The number of aromatic nitrogens is 2. The number of nitrogens with zero attached hydrogens (tertiary/aromatic N) is 1. The second-order valence-electron chi connectivity index (χ2n) is 3.92. The summed E-state index contributed by atoms with van der Waals surface area (Å²) < 4.78 is 0. The van der Waals surface area contributed by atoms with E-state index >= 15 is 0 Å². The van der Waals surface area contributed by atoms with Gasteiger partial charge >= 0.3 is 0 Å². The monoisotopic (exact) mass is 265 g/mol. The van der Waals surface area contributed by atoms with Gasteiger partial charge in [0.25, 0.3) is 5.91 Å². The van der Waals surface area contributed by atoms with Crippen molar-refractivity contribution in [1.82, 2.24) is 10.2 Å². The summed E-state index contributed by atoms with van der Waals surface area (Å²) in [6.07, 6.45) is 0. The zero-order chi connectivity index (χ0) is 13.3. The van der Waals surface area contributed by atoms with Crippen molar-refractivity contribution in [3.8, 4) is 5.75 Å². The molecule has 1 aromatic carbocycles. The lowest BCUT2D eigenvalue weighted by Gasteiger charge is -2.07. The van der Waals surface area contributed by atoms with Gasteiger partial charge < -0.3 is 10.4 Å². The Labute approximate surface area is 109 Å². The first kappa shape index (κ1) is 12.4. The molecule has 1 aromatic heterocycles. The zero-order valence-corrected chi connectivity index (χ0v) is 10.7. The fraction of sp³-hybridized carbons (Fsp3) is 0.167. The van der Waals surface area contributed by atoms with Crippen LogP contribution >= 0.6 is 11.6 Å². The van der Waals surface area contributed by atoms with E-state index in [9.17, 15) is 9.90 Å². The molecule has 5 nitrogen and oxygen atoms in total. The Kier molecular flexibility index (Phi) is 3.25. The summed E-state index contributed by atoms with van der Waals surface area (Å²) in [5, 5.41) is 19.5. The standard InChI is InChI=1S/C12H12ClN3O2/c1-6-11(7(2)16-15-6)14-12(18)9-4-3-8(13)5-10(9)17/h3-5,17H,1-2H3,(H,14,18)(H,15,16). The molecule has 2 aromatic rings. The summed E-state index contributed by atoms with van der Waals surface area (Å²) in [7, 11) is 0. The Balaban J connectivity index is 2.28. The van der Waals surface area contributed by atoms with Crippen molar-refractivity contribution in [2.45, 2.75) is 13.8 Å². The summed E-state index contributed by atoms with van der Waals surface area (Å²) in [6, 6.07) is 4.34. The van der Waals surface area contributed by atoms with Gasteiger partial charge in [0, 0.05) is 5.02 Å². The normalized spacial score (nSPS) is 10.4. The van der Waals surface area contributed by atoms with Crippen LogP contribution in [-0.4, -0.2) is 21.2 Å². The minimum absolute atomic E-state index is 0.154. The maximum Gasteiger partial charge on any atom is 0.259 e. The summed E-state index contributed by atoms with van der Waals surface area (Å²) >= 11 is 5.71. The second-order valence-corrected chi connectivity index (χ2v) is 4.36. The van der Waals surface area contributed by atoms with E-state index in [0.29, 0.717) is 16.4 Å². The van der Waals surface area contributed by atoms with Crippen LogP contribution in [0, 0.1) is 13.8 Å². The Bertz CT molecular complexity index is 588. The molecule has 0 fully saturated rings. The number of hydrogen-bond acceptors (Lipinski definition) is 3. The number of halogens is 1. The molecule has 6 heteroatoms. The van der Waals surface area contributed by atoms with Gasteiger partial charge in [-0.15, -0.1) is 0 Å². The number of hydrogen-bond donors (Lipinski definition) is 3. The topological polar surface area (TPSA) is 78.0 Å². The van der Waals surface area contributed by atoms with Gasteiger partial charge in [0.1, 0.15) is 5.75 Å². The van der Waals surface area contributed by atoms with E-state index in [4.69, 9.17) is 11.6 Å². The van der Waals surface area contributed by atoms with Crippen LogP contribution in [0.5, 0.6) is 5.75 Å². The molecular formula is C12H12ClN3O2. The van der Waals surface area contributed by atoms with Crippen molar-refractivity contribution in [2.75, 3.05) is 5.32 Å². The van der Waals surface area contributed by atoms with E-state index in [1.165, 1.54) is 12.1 Å². The van der Waals surface area contributed by atoms with Gasteiger partial charge in [-0.2, -0.15) is 5.10 Å². The van der Waals surface area contributed by atoms with Crippen LogP contribution in [0.4, 0.5) is 5.69 Å². The average molecular weight is 266 g/mol. The maximum absolute atomic E-state index is 12.0. The summed E-state index contributed by atoms with van der Waals surface area (Å²) in [5.41, 5.74) is 2.23. The Hall–Kier alpha value is -2.01. The minimum Gasteiger partial charge on any atom is -0.507 e. The largest absolute Gasteiger partial charge is 0.507 e. The lowest BCUT2D eigenvalue weighted by molar-refractivity contribution is 0.102. The van der Waals surface area contributed by atoms with Gasteiger partial charge in [-0.05, 0) is 32.0 Å². The third-order valence-corrected chi connectivity index (χ3v) is 2.81. The molecule has 0 spiro atoms. The SMILES string of the molecule is Cc1n[nH]c(C)c1NC(=O)c1ccc(Cl)cc1O. The van der Waals surface area contributed by atoms with Gasteiger partial charge in [-0.1, -0.05) is 11.6 Å². The number of phenolic OH excluding ortho intramolecular Hbond substituents is 1. The van der Waals surface area contributed by atoms with E-state index in [2.05, 4.69) is 15.5 Å². The average Bonchev–Trinajstić information content (AvgIpc) is 2.60. The number of aromatic hydroxyl groups is 1. The Morgan fingerprint density at radius 2 is 2.17 bits per heavy atom. The number of anilines is 1. The van der Waals surface area contributed by atoms with Crippen LogP contribution in [0.15, 0.2) is 18.2 Å². The Morgan fingerprint density at radius 1 is 1.44 bits per heavy atom. The molecule has 2 rings (SSSR count). The number of H-pyrrole nitrogens is 1. The van der Waals surface area contributed by atoms with Crippen LogP contribution < -0.4 is 5.32 Å². The second kappa shape index (κ2) is 4.70. The van der Waals surface area contributed by atoms with Crippen molar-refractivity contribution < 1.29 is 9.90 Å². The van der Waals surface area contributed by atoms with Crippen LogP contribution in [-0.2, 0) is 0 Å². The molecule has 1 amide bonds. The summed E-state index contributed by atoms with van der Waals surface area (Å²) in [5.74, 6) is -0.560. The van der Waals surface area contributed by atoms with Crippen molar-refractivity contribution in [2.24, 2.45) is 0 Å². The minimum atomic E-state index is -0.406. The smallest absolute Gasteiger partial charge is 0.259 e. The molecular weight excluding hydrogens is 254 g/mol. The van der Waals surface area contributed by atoms with Crippen molar-refractivity contribution >= 4 is 23.2 Å². The molecule has 18 heavy (non-hydrogen) atoms. The van der Waals surface area contributed by atoms with Gasteiger partial charge in [0.05, 0.1) is 22.6 Å². The number of aromatic amines is 1. The number of benzene rings is 1. The number of amides is 1. The highest BCUT2D eigenvalue weighted by molar-refractivity contribution is 6.31. The van der Waals surface area contributed by atoms with E-state index in [1.807, 2.05) is 0 Å². The first-order chi connectivity index (χ1) is 8.49. The summed E-state index contributed by atoms with van der Waals surface area (Å²) in [4.78, 5) is 12.0. The molecule has 0 radical (unpaired) electrons. The fourth-order valence-electron chi connectivity index (χ4n) is 1.61. The highest BCUT2D eigenvalue weighted by Gasteiger charge is 2.15. The molecule has 0 unspecified atom stereocenters. The molecule has 0 aliphatic heterocycles. The molecule has 0 aliphatic rings. The highest BCUT2D eigenvalue weighted by Crippen LogP contribution is 2.24. The van der Waals surface area contributed by atoms with E-state index in [-0.39, 0.29) is 11.3 Å². The van der Waals surface area contributed by atoms with Crippen LogP contribution in [0.1, 0.15) is 21.7 Å². The van der Waals surface area contributed by atoms with Crippen LogP contribution in [0.3, 0.4) is 0 Å². The summed E-state index contributed by atoms with van der Waals surface area (Å²) in [6.45, 7) is 3.58. The predicted octanol–water partition coefficient (Wildman–Crippen LogP) is 2.64. The first-order valence-electron chi connectivity index (χ1n) is 5.30. The van der Waals surface area contributed by atoms with E-state index < -0.39 is 5.91 Å². The van der Waals surface area contributed by atoms with Gasteiger partial charge in [-0.25, -0.2) is 0 Å². The molecule has 3 N–H and O–H groups in total. The molecule has 0 saturated heterocycles. The van der Waals surface area contributed by atoms with E-state index in [1.54, 1.807) is 19.9 Å². The molecule has 0 aliphatic carbocycles. The van der Waals surface area contributed by atoms with Gasteiger partial charge in [0.15, 0.2) is 0 Å². The number of carbonyl (C=O) groups is 1. The molecule has 0 saturated carbocycles. The highest BCUT2D eigenvalue weighted by atomic mass is 35.5. The molecule has 94 valence electrons. The van der Waals surface area contributed by atoms with Gasteiger partial charge in [-0.3, -0.25) is 9.89 Å². The third kappa shape index (κ3) is 2.31. The number of phenols is 1. The Morgan fingerprint density at radius 3 is 2.72 bits per heavy atom.